The summed E-state index contributed by atoms with van der Waals surface area (Å²) in [6.07, 6.45) is 3.47. The molecule has 0 heterocycles. The number of aliphatic carboxylic acids is 1. The van der Waals surface area contributed by atoms with Gasteiger partial charge in [0.05, 0.1) is 0 Å². The second kappa shape index (κ2) is 7.17. The molecule has 16 heavy (non-hydrogen) atoms. The first-order chi connectivity index (χ1) is 7.37. The summed E-state index contributed by atoms with van der Waals surface area (Å²) in [6.45, 7) is 8.84. The Hall–Kier alpha value is -0.220. The molecule has 0 fully saturated rings. The smallest absolute Gasteiger partial charge is 0.321 e. The van der Waals surface area contributed by atoms with Crippen molar-refractivity contribution in [3.8, 4) is 0 Å². The SMILES string of the molecule is CCCC(C)(CC)C(C)SCC(N)C(=O)O. The largest absolute Gasteiger partial charge is 0.480 e. The quantitative estimate of drug-likeness (QED) is 0.692. The second-order valence-corrected chi connectivity index (χ2v) is 6.05. The van der Waals surface area contributed by atoms with Crippen molar-refractivity contribution in [2.24, 2.45) is 11.1 Å². The van der Waals surface area contributed by atoms with E-state index in [0.717, 1.165) is 6.42 Å². The zero-order valence-corrected chi connectivity index (χ0v) is 11.6. The van der Waals surface area contributed by atoms with Crippen LogP contribution in [-0.4, -0.2) is 28.1 Å². The van der Waals surface area contributed by atoms with Gasteiger partial charge in [-0.1, -0.05) is 34.1 Å². The lowest BCUT2D eigenvalue weighted by molar-refractivity contribution is -0.137. The molecule has 3 N–H and O–H groups in total. The van der Waals surface area contributed by atoms with Crippen LogP contribution in [0.2, 0.25) is 0 Å². The molecule has 0 bridgehead atoms. The lowest BCUT2D eigenvalue weighted by Gasteiger charge is -2.34. The van der Waals surface area contributed by atoms with Crippen molar-refractivity contribution >= 4 is 17.7 Å². The van der Waals surface area contributed by atoms with E-state index < -0.39 is 12.0 Å². The molecule has 0 spiro atoms. The Balaban J connectivity index is 4.21. The number of rotatable bonds is 8. The van der Waals surface area contributed by atoms with E-state index in [9.17, 15) is 4.79 Å². The van der Waals surface area contributed by atoms with Gasteiger partial charge in [-0.2, -0.15) is 11.8 Å². The van der Waals surface area contributed by atoms with Gasteiger partial charge in [-0.15, -0.1) is 0 Å². The lowest BCUT2D eigenvalue weighted by Crippen LogP contribution is -2.35. The van der Waals surface area contributed by atoms with Gasteiger partial charge in [-0.25, -0.2) is 0 Å². The fourth-order valence-corrected chi connectivity index (χ4v) is 3.08. The van der Waals surface area contributed by atoms with Gasteiger partial charge in [-0.3, -0.25) is 4.79 Å². The van der Waals surface area contributed by atoms with E-state index in [1.54, 1.807) is 11.8 Å². The number of carbonyl (C=O) groups is 1. The lowest BCUT2D eigenvalue weighted by atomic mass is 9.80. The summed E-state index contributed by atoms with van der Waals surface area (Å²) in [4.78, 5) is 10.6. The van der Waals surface area contributed by atoms with Crippen molar-refractivity contribution in [3.63, 3.8) is 0 Å². The van der Waals surface area contributed by atoms with E-state index in [1.165, 1.54) is 12.8 Å². The highest BCUT2D eigenvalue weighted by atomic mass is 32.2. The number of hydrogen-bond donors (Lipinski definition) is 2. The standard InChI is InChI=1S/C12H25NO2S/c1-5-7-12(4,6-2)9(3)16-8-10(13)11(14)15/h9-10H,5-8,13H2,1-4H3,(H,14,15). The highest BCUT2D eigenvalue weighted by Crippen LogP contribution is 2.38. The van der Waals surface area contributed by atoms with Gasteiger partial charge < -0.3 is 10.8 Å². The van der Waals surface area contributed by atoms with Crippen molar-refractivity contribution in [3.05, 3.63) is 0 Å². The zero-order valence-electron chi connectivity index (χ0n) is 10.8. The van der Waals surface area contributed by atoms with E-state index >= 15 is 0 Å². The number of thioether (sulfide) groups is 1. The van der Waals surface area contributed by atoms with Gasteiger partial charge in [-0.05, 0) is 18.3 Å². The van der Waals surface area contributed by atoms with Crippen LogP contribution in [0.25, 0.3) is 0 Å². The zero-order chi connectivity index (χ0) is 12.8. The topological polar surface area (TPSA) is 63.3 Å². The Labute approximate surface area is 103 Å². The van der Waals surface area contributed by atoms with Crippen LogP contribution in [0.3, 0.4) is 0 Å². The predicted octanol–water partition coefficient (Wildman–Crippen LogP) is 2.74. The minimum Gasteiger partial charge on any atom is -0.480 e. The van der Waals surface area contributed by atoms with Gasteiger partial charge in [0.15, 0.2) is 0 Å². The molecule has 0 aromatic rings. The molecule has 0 rings (SSSR count). The monoisotopic (exact) mass is 247 g/mol. The summed E-state index contributed by atoms with van der Waals surface area (Å²) >= 11 is 1.68. The highest BCUT2D eigenvalue weighted by Gasteiger charge is 2.29. The van der Waals surface area contributed by atoms with Crippen LogP contribution in [0.4, 0.5) is 0 Å². The Morgan fingerprint density at radius 3 is 2.44 bits per heavy atom. The molecule has 4 heteroatoms. The molecular formula is C12H25NO2S. The van der Waals surface area contributed by atoms with Crippen molar-refractivity contribution in [1.82, 2.24) is 0 Å². The van der Waals surface area contributed by atoms with Crippen LogP contribution in [-0.2, 0) is 4.79 Å². The van der Waals surface area contributed by atoms with Gasteiger partial charge in [0, 0.05) is 11.0 Å². The van der Waals surface area contributed by atoms with Crippen LogP contribution < -0.4 is 5.73 Å². The summed E-state index contributed by atoms with van der Waals surface area (Å²) in [5, 5.41) is 9.17. The number of carboxylic acid groups (broad SMARTS) is 1. The minimum atomic E-state index is -0.909. The van der Waals surface area contributed by atoms with Gasteiger partial charge >= 0.3 is 5.97 Å². The first-order valence-electron chi connectivity index (χ1n) is 5.97. The molecule has 0 saturated heterocycles. The molecule has 96 valence electrons. The van der Waals surface area contributed by atoms with Crippen molar-refractivity contribution < 1.29 is 9.90 Å². The molecule has 0 aliphatic heterocycles. The molecule has 3 atom stereocenters. The maximum atomic E-state index is 10.6. The summed E-state index contributed by atoms with van der Waals surface area (Å²) in [5.74, 6) is -0.413. The first kappa shape index (κ1) is 15.8. The molecule has 0 aliphatic rings. The van der Waals surface area contributed by atoms with Crippen LogP contribution >= 0.6 is 11.8 Å². The third-order valence-corrected chi connectivity index (χ3v) is 5.07. The molecule has 3 nitrogen and oxygen atoms in total. The molecular weight excluding hydrogens is 222 g/mol. The second-order valence-electron chi connectivity index (χ2n) is 4.68. The Morgan fingerprint density at radius 1 is 1.50 bits per heavy atom. The van der Waals surface area contributed by atoms with Crippen molar-refractivity contribution in [2.75, 3.05) is 5.75 Å². The van der Waals surface area contributed by atoms with Crippen molar-refractivity contribution in [2.45, 2.75) is 58.2 Å². The Bertz CT molecular complexity index is 223. The van der Waals surface area contributed by atoms with Crippen LogP contribution in [0.1, 0.15) is 47.0 Å². The summed E-state index contributed by atoms with van der Waals surface area (Å²) in [7, 11) is 0. The number of nitrogens with two attached hydrogens (primary N) is 1. The highest BCUT2D eigenvalue weighted by molar-refractivity contribution is 8.00. The summed E-state index contributed by atoms with van der Waals surface area (Å²) < 4.78 is 0. The molecule has 3 unspecified atom stereocenters. The number of hydrogen-bond acceptors (Lipinski definition) is 3. The molecule has 0 saturated carbocycles. The van der Waals surface area contributed by atoms with Gasteiger partial charge in [0.2, 0.25) is 0 Å². The molecule has 0 aliphatic carbocycles. The van der Waals surface area contributed by atoms with E-state index in [1.807, 2.05) is 0 Å². The third-order valence-electron chi connectivity index (χ3n) is 3.45. The Morgan fingerprint density at radius 2 is 2.06 bits per heavy atom. The molecule has 0 aromatic heterocycles. The summed E-state index contributed by atoms with van der Waals surface area (Å²) in [5.41, 5.74) is 5.79. The van der Waals surface area contributed by atoms with E-state index in [4.69, 9.17) is 10.8 Å². The molecule has 0 radical (unpaired) electrons. The maximum absolute atomic E-state index is 10.6. The average molecular weight is 247 g/mol. The predicted molar refractivity (Wildman–Crippen MR) is 70.8 cm³/mol. The van der Waals surface area contributed by atoms with Crippen molar-refractivity contribution in [1.29, 1.82) is 0 Å². The normalized spacial score (nSPS) is 18.8. The van der Waals surface area contributed by atoms with Gasteiger partial charge in [0.25, 0.3) is 0 Å². The van der Waals surface area contributed by atoms with E-state index in [0.29, 0.717) is 11.0 Å². The van der Waals surface area contributed by atoms with Crippen LogP contribution in [0.15, 0.2) is 0 Å². The summed E-state index contributed by atoms with van der Waals surface area (Å²) in [6, 6.07) is -0.741. The molecule has 0 amide bonds. The van der Waals surface area contributed by atoms with E-state index in [2.05, 4.69) is 27.7 Å². The first-order valence-corrected chi connectivity index (χ1v) is 7.02. The number of carboxylic acids is 1. The third kappa shape index (κ3) is 4.74. The fourth-order valence-electron chi connectivity index (χ4n) is 1.76. The average Bonchev–Trinajstić information content (AvgIpc) is 2.25. The van der Waals surface area contributed by atoms with E-state index in [-0.39, 0.29) is 5.41 Å². The minimum absolute atomic E-state index is 0.289. The fraction of sp³-hybridized carbons (Fsp3) is 0.917. The molecule has 0 aromatic carbocycles. The van der Waals surface area contributed by atoms with Crippen LogP contribution in [0.5, 0.6) is 0 Å². The van der Waals surface area contributed by atoms with Gasteiger partial charge in [0.1, 0.15) is 6.04 Å². The van der Waals surface area contributed by atoms with Crippen LogP contribution in [0, 0.1) is 5.41 Å². The maximum Gasteiger partial charge on any atom is 0.321 e. The Kier molecular flexibility index (Phi) is 7.07.